The molecule has 2 aromatic heterocycles. The summed E-state index contributed by atoms with van der Waals surface area (Å²) in [6, 6.07) is 1.46. The molecule has 2 rings (SSSR count). The van der Waals surface area contributed by atoms with Gasteiger partial charge in [0.1, 0.15) is 5.69 Å². The van der Waals surface area contributed by atoms with E-state index in [1.54, 1.807) is 5.38 Å². The molecular weight excluding hydrogens is 200 g/mol. The van der Waals surface area contributed by atoms with E-state index in [4.69, 9.17) is 0 Å². The Hall–Kier alpha value is -1.49. The van der Waals surface area contributed by atoms with Crippen LogP contribution in [0.15, 0.2) is 16.2 Å². The first kappa shape index (κ1) is 9.08. The zero-order valence-electron chi connectivity index (χ0n) is 7.56. The Morgan fingerprint density at radius 1 is 1.64 bits per heavy atom. The summed E-state index contributed by atoms with van der Waals surface area (Å²) < 4.78 is 1.33. The number of carbonyl (C=O) groups is 1. The van der Waals surface area contributed by atoms with Crippen LogP contribution in [0.2, 0.25) is 0 Å². The topological polar surface area (TPSA) is 51.4 Å². The van der Waals surface area contributed by atoms with E-state index >= 15 is 0 Å². The first-order valence-electron chi connectivity index (χ1n) is 4.21. The molecular formula is C9H8N2O2S. The van der Waals surface area contributed by atoms with E-state index in [0.29, 0.717) is 16.9 Å². The molecule has 5 heteroatoms. The van der Waals surface area contributed by atoms with Crippen molar-refractivity contribution in [1.29, 1.82) is 0 Å². The molecule has 0 aromatic carbocycles. The highest BCUT2D eigenvalue weighted by Gasteiger charge is 2.06. The highest BCUT2D eigenvalue weighted by molar-refractivity contribution is 7.15. The number of carbonyl (C=O) groups excluding carboxylic acids is 1. The lowest BCUT2D eigenvalue weighted by molar-refractivity contribution is 0.111. The van der Waals surface area contributed by atoms with Crippen molar-refractivity contribution in [3.63, 3.8) is 0 Å². The summed E-state index contributed by atoms with van der Waals surface area (Å²) in [5.74, 6) is 0. The predicted octanol–water partition coefficient (Wildman–Crippen LogP) is 1.13. The lowest BCUT2D eigenvalue weighted by Gasteiger charge is -1.96. The lowest BCUT2D eigenvalue weighted by atomic mass is 10.3. The molecule has 72 valence electrons. The SMILES string of the molecule is CCc1cc(=O)n2c(C=O)csc2n1. The van der Waals surface area contributed by atoms with Crippen LogP contribution in [-0.2, 0) is 6.42 Å². The molecule has 0 radical (unpaired) electrons. The van der Waals surface area contributed by atoms with E-state index in [9.17, 15) is 9.59 Å². The fourth-order valence-electron chi connectivity index (χ4n) is 1.25. The molecule has 0 unspecified atom stereocenters. The van der Waals surface area contributed by atoms with E-state index in [2.05, 4.69) is 4.98 Å². The standard InChI is InChI=1S/C9H8N2O2S/c1-2-6-3-8(13)11-7(4-12)5-14-9(11)10-6/h3-5H,2H2,1H3. The maximum atomic E-state index is 11.6. The van der Waals surface area contributed by atoms with Gasteiger partial charge in [-0.05, 0) is 6.42 Å². The number of aryl methyl sites for hydroxylation is 1. The third-order valence-corrected chi connectivity index (χ3v) is 2.81. The van der Waals surface area contributed by atoms with Crippen molar-refractivity contribution >= 4 is 22.6 Å². The number of hydrogen-bond acceptors (Lipinski definition) is 4. The number of thiazole rings is 1. The van der Waals surface area contributed by atoms with Crippen molar-refractivity contribution in [3.05, 3.63) is 33.2 Å². The van der Waals surface area contributed by atoms with Gasteiger partial charge in [0.05, 0.1) is 0 Å². The van der Waals surface area contributed by atoms with Crippen molar-refractivity contribution in [2.75, 3.05) is 0 Å². The highest BCUT2D eigenvalue weighted by atomic mass is 32.1. The molecule has 0 spiro atoms. The molecule has 2 aromatic rings. The van der Waals surface area contributed by atoms with Crippen LogP contribution in [0.1, 0.15) is 23.1 Å². The minimum atomic E-state index is -0.185. The average Bonchev–Trinajstić information content (AvgIpc) is 2.61. The van der Waals surface area contributed by atoms with Gasteiger partial charge in [-0.3, -0.25) is 9.59 Å². The number of nitrogens with zero attached hydrogens (tertiary/aromatic N) is 2. The van der Waals surface area contributed by atoms with Gasteiger partial charge < -0.3 is 0 Å². The van der Waals surface area contributed by atoms with Crippen molar-refractivity contribution in [1.82, 2.24) is 9.38 Å². The Kier molecular flexibility index (Phi) is 2.17. The third-order valence-electron chi connectivity index (χ3n) is 1.97. The number of rotatable bonds is 2. The van der Waals surface area contributed by atoms with E-state index < -0.39 is 0 Å². The van der Waals surface area contributed by atoms with E-state index in [-0.39, 0.29) is 5.56 Å². The summed E-state index contributed by atoms with van der Waals surface area (Å²) >= 11 is 1.30. The molecule has 0 amide bonds. The number of hydrogen-bond donors (Lipinski definition) is 0. The Morgan fingerprint density at radius 2 is 2.43 bits per heavy atom. The van der Waals surface area contributed by atoms with Crippen molar-refractivity contribution in [2.45, 2.75) is 13.3 Å². The zero-order valence-corrected chi connectivity index (χ0v) is 8.37. The third kappa shape index (κ3) is 1.26. The summed E-state index contributed by atoms with van der Waals surface area (Å²) in [5.41, 5.74) is 0.939. The van der Waals surface area contributed by atoms with Crippen LogP contribution in [-0.4, -0.2) is 15.7 Å². The van der Waals surface area contributed by atoms with E-state index in [1.807, 2.05) is 6.92 Å². The smallest absolute Gasteiger partial charge is 0.259 e. The first-order valence-corrected chi connectivity index (χ1v) is 5.09. The van der Waals surface area contributed by atoms with Gasteiger partial charge >= 0.3 is 0 Å². The molecule has 0 bridgehead atoms. The number of fused-ring (bicyclic) bond motifs is 1. The van der Waals surface area contributed by atoms with Crippen LogP contribution in [0.25, 0.3) is 4.96 Å². The molecule has 0 aliphatic carbocycles. The van der Waals surface area contributed by atoms with Crippen LogP contribution >= 0.6 is 11.3 Å². The summed E-state index contributed by atoms with van der Waals surface area (Å²) in [6.07, 6.45) is 1.39. The molecule has 2 heterocycles. The normalized spacial score (nSPS) is 10.6. The van der Waals surface area contributed by atoms with Gasteiger partial charge in [0.15, 0.2) is 11.2 Å². The fourth-order valence-corrected chi connectivity index (χ4v) is 2.11. The van der Waals surface area contributed by atoms with Crippen LogP contribution in [0.5, 0.6) is 0 Å². The predicted molar refractivity (Wildman–Crippen MR) is 54.1 cm³/mol. The molecule has 0 aliphatic rings. The molecule has 0 saturated carbocycles. The molecule has 0 saturated heterocycles. The molecule has 4 nitrogen and oxygen atoms in total. The van der Waals surface area contributed by atoms with E-state index in [1.165, 1.54) is 21.8 Å². The van der Waals surface area contributed by atoms with Crippen LogP contribution < -0.4 is 5.56 Å². The second kappa shape index (κ2) is 3.34. The number of aromatic nitrogens is 2. The minimum absolute atomic E-state index is 0.185. The van der Waals surface area contributed by atoms with Gasteiger partial charge in [-0.15, -0.1) is 11.3 Å². The molecule has 14 heavy (non-hydrogen) atoms. The Bertz CT molecular complexity index is 541. The van der Waals surface area contributed by atoms with Crippen molar-refractivity contribution in [2.24, 2.45) is 0 Å². The summed E-state index contributed by atoms with van der Waals surface area (Å²) in [5, 5.41) is 1.64. The zero-order chi connectivity index (χ0) is 10.1. The summed E-state index contributed by atoms with van der Waals surface area (Å²) in [7, 11) is 0. The van der Waals surface area contributed by atoms with Crippen LogP contribution in [0.3, 0.4) is 0 Å². The second-order valence-corrected chi connectivity index (χ2v) is 3.67. The van der Waals surface area contributed by atoms with Crippen molar-refractivity contribution < 1.29 is 4.79 Å². The van der Waals surface area contributed by atoms with Gasteiger partial charge in [0.25, 0.3) is 5.56 Å². The monoisotopic (exact) mass is 208 g/mol. The first-order chi connectivity index (χ1) is 6.76. The van der Waals surface area contributed by atoms with E-state index in [0.717, 1.165) is 12.1 Å². The van der Waals surface area contributed by atoms with Crippen LogP contribution in [0, 0.1) is 0 Å². The lowest BCUT2D eigenvalue weighted by Crippen LogP contribution is -2.15. The molecule has 0 fully saturated rings. The molecule has 0 atom stereocenters. The molecule has 0 N–H and O–H groups in total. The average molecular weight is 208 g/mol. The van der Waals surface area contributed by atoms with Gasteiger partial charge in [-0.1, -0.05) is 6.92 Å². The quantitative estimate of drug-likeness (QED) is 0.695. The maximum Gasteiger partial charge on any atom is 0.259 e. The molecule has 0 aliphatic heterocycles. The Morgan fingerprint density at radius 3 is 3.07 bits per heavy atom. The van der Waals surface area contributed by atoms with Crippen LogP contribution in [0.4, 0.5) is 0 Å². The van der Waals surface area contributed by atoms with Gasteiger partial charge in [0, 0.05) is 17.1 Å². The second-order valence-electron chi connectivity index (χ2n) is 2.84. The number of aldehydes is 1. The maximum absolute atomic E-state index is 11.6. The van der Waals surface area contributed by atoms with Gasteiger partial charge in [-0.2, -0.15) is 0 Å². The van der Waals surface area contributed by atoms with Crippen molar-refractivity contribution in [3.8, 4) is 0 Å². The Balaban J connectivity index is 2.86. The highest BCUT2D eigenvalue weighted by Crippen LogP contribution is 2.10. The summed E-state index contributed by atoms with van der Waals surface area (Å²) in [6.45, 7) is 1.94. The minimum Gasteiger partial charge on any atom is -0.296 e. The Labute approximate surface area is 83.8 Å². The van der Waals surface area contributed by atoms with Gasteiger partial charge in [0.2, 0.25) is 0 Å². The largest absolute Gasteiger partial charge is 0.296 e. The summed E-state index contributed by atoms with van der Waals surface area (Å²) in [4.78, 5) is 27.0. The van der Waals surface area contributed by atoms with Gasteiger partial charge in [-0.25, -0.2) is 9.38 Å². The fraction of sp³-hybridized carbons (Fsp3) is 0.222.